The van der Waals surface area contributed by atoms with E-state index in [2.05, 4.69) is 109 Å². The molecule has 2 nitrogen and oxygen atoms in total. The molecule has 31 heavy (non-hydrogen) atoms. The third kappa shape index (κ3) is 8.44. The molecule has 0 radical (unpaired) electrons. The average molecular weight is 423 g/mol. The van der Waals surface area contributed by atoms with Gasteiger partial charge in [-0.3, -0.25) is 9.98 Å². The Balaban J connectivity index is 0.00000436. The van der Waals surface area contributed by atoms with E-state index in [1.807, 2.05) is 27.9 Å². The van der Waals surface area contributed by atoms with Gasteiger partial charge in [-0.15, -0.1) is 0 Å². The molecule has 0 atom stereocenters. The first kappa shape index (κ1) is 28.8. The van der Waals surface area contributed by atoms with Gasteiger partial charge >= 0.3 is 0 Å². The van der Waals surface area contributed by atoms with Crippen LogP contribution in [0.25, 0.3) is 0 Å². The van der Waals surface area contributed by atoms with Crippen LogP contribution in [-0.4, -0.2) is 25.5 Å². The standard InChI is InChI=1S/C27H40N2.C2H6/c1-18(2)19(3)12-13-20(4)23-16-17-24(26(29-11)25(23)28-10)21(5)14-15-22(6)27(7,8)9;1-2/h12-18H,1-11H3;1-2H3/b19-12+,20-13+,21-14+,22-15+,28-25?,29-26?;. The smallest absolute Gasteiger partial charge is 0.0903 e. The molecular formula is C29H46N2. The Labute approximate surface area is 193 Å². The van der Waals surface area contributed by atoms with Gasteiger partial charge in [-0.25, -0.2) is 0 Å². The van der Waals surface area contributed by atoms with Gasteiger partial charge in [0.25, 0.3) is 0 Å². The van der Waals surface area contributed by atoms with Gasteiger partial charge in [-0.2, -0.15) is 0 Å². The first-order chi connectivity index (χ1) is 14.4. The highest BCUT2D eigenvalue weighted by molar-refractivity contribution is 6.56. The van der Waals surface area contributed by atoms with Gasteiger partial charge in [0, 0.05) is 25.2 Å². The highest BCUT2D eigenvalue weighted by Gasteiger charge is 2.22. The van der Waals surface area contributed by atoms with Crippen molar-refractivity contribution in [2.75, 3.05) is 14.1 Å². The molecule has 0 fully saturated rings. The summed E-state index contributed by atoms with van der Waals surface area (Å²) in [6.07, 6.45) is 13.2. The third-order valence-corrected chi connectivity index (χ3v) is 5.72. The molecule has 0 spiro atoms. The van der Waals surface area contributed by atoms with E-state index in [9.17, 15) is 0 Å². The van der Waals surface area contributed by atoms with Crippen LogP contribution in [0.2, 0.25) is 0 Å². The minimum absolute atomic E-state index is 0.173. The second-order valence-corrected chi connectivity index (χ2v) is 9.17. The number of hydrogen-bond donors (Lipinski definition) is 0. The SMILES string of the molecule is CC.CN=C1C(/C(C)=C/C=C(\C)C(C)C)=CC=C(/C(C)=C/C=C(\C)C(C)(C)C)C1=NC. The first-order valence-corrected chi connectivity index (χ1v) is 11.5. The van der Waals surface area contributed by atoms with E-state index in [1.54, 1.807) is 0 Å². The number of allylic oxidation sites excluding steroid dienone is 12. The maximum atomic E-state index is 4.61. The molecule has 0 N–H and O–H groups in total. The van der Waals surface area contributed by atoms with Gasteiger partial charge in [-0.1, -0.05) is 96.1 Å². The summed E-state index contributed by atoms with van der Waals surface area (Å²) >= 11 is 0. The van der Waals surface area contributed by atoms with Gasteiger partial charge in [-0.05, 0) is 50.2 Å². The van der Waals surface area contributed by atoms with Gasteiger partial charge in [0.05, 0.1) is 11.4 Å². The minimum atomic E-state index is 0.173. The lowest BCUT2D eigenvalue weighted by Crippen LogP contribution is -2.23. The summed E-state index contributed by atoms with van der Waals surface area (Å²) in [6.45, 7) is 23.8. The van der Waals surface area contributed by atoms with Crippen LogP contribution in [0.5, 0.6) is 0 Å². The zero-order valence-electron chi connectivity index (χ0n) is 22.4. The molecule has 0 amide bonds. The van der Waals surface area contributed by atoms with Crippen molar-refractivity contribution < 1.29 is 0 Å². The molecule has 1 aliphatic carbocycles. The lowest BCUT2D eigenvalue weighted by Gasteiger charge is -2.21. The van der Waals surface area contributed by atoms with Gasteiger partial charge in [0.2, 0.25) is 0 Å². The zero-order chi connectivity index (χ0) is 24.4. The minimum Gasteiger partial charge on any atom is -0.286 e. The Morgan fingerprint density at radius 2 is 1.13 bits per heavy atom. The van der Waals surface area contributed by atoms with E-state index in [1.165, 1.54) is 22.3 Å². The van der Waals surface area contributed by atoms with E-state index >= 15 is 0 Å². The molecule has 0 unspecified atom stereocenters. The van der Waals surface area contributed by atoms with Crippen molar-refractivity contribution in [3.8, 4) is 0 Å². The van der Waals surface area contributed by atoms with E-state index in [4.69, 9.17) is 0 Å². The predicted octanol–water partition coefficient (Wildman–Crippen LogP) is 8.51. The fourth-order valence-electron chi connectivity index (χ4n) is 2.80. The van der Waals surface area contributed by atoms with Crippen LogP contribution in [0, 0.1) is 11.3 Å². The van der Waals surface area contributed by atoms with Crippen molar-refractivity contribution in [2.45, 2.75) is 76.2 Å². The Bertz CT molecular complexity index is 855. The van der Waals surface area contributed by atoms with Crippen LogP contribution >= 0.6 is 0 Å². The van der Waals surface area contributed by atoms with E-state index in [-0.39, 0.29) is 5.41 Å². The van der Waals surface area contributed by atoms with Crippen molar-refractivity contribution in [2.24, 2.45) is 21.3 Å². The molecular weight excluding hydrogens is 376 g/mol. The maximum Gasteiger partial charge on any atom is 0.0903 e. The van der Waals surface area contributed by atoms with E-state index in [0.29, 0.717) is 5.92 Å². The number of aliphatic imine (C=N–C) groups is 2. The first-order valence-electron chi connectivity index (χ1n) is 11.5. The zero-order valence-corrected chi connectivity index (χ0v) is 22.4. The predicted molar refractivity (Wildman–Crippen MR) is 144 cm³/mol. The molecule has 0 aromatic heterocycles. The van der Waals surface area contributed by atoms with Crippen LogP contribution < -0.4 is 0 Å². The molecule has 0 aromatic carbocycles. The third-order valence-electron chi connectivity index (χ3n) is 5.72. The van der Waals surface area contributed by atoms with Crippen molar-refractivity contribution in [1.29, 1.82) is 0 Å². The largest absolute Gasteiger partial charge is 0.286 e. The van der Waals surface area contributed by atoms with Crippen LogP contribution in [0.3, 0.4) is 0 Å². The van der Waals surface area contributed by atoms with Crippen LogP contribution in [-0.2, 0) is 0 Å². The summed E-state index contributed by atoms with van der Waals surface area (Å²) in [5, 5.41) is 0. The lowest BCUT2D eigenvalue weighted by atomic mass is 9.85. The molecule has 0 heterocycles. The van der Waals surface area contributed by atoms with E-state index in [0.717, 1.165) is 22.6 Å². The number of rotatable bonds is 5. The maximum absolute atomic E-state index is 4.61. The Morgan fingerprint density at radius 1 is 0.742 bits per heavy atom. The second kappa shape index (κ2) is 13.2. The summed E-state index contributed by atoms with van der Waals surface area (Å²) in [6, 6.07) is 0. The highest BCUT2D eigenvalue weighted by atomic mass is 14.8. The van der Waals surface area contributed by atoms with Crippen LogP contribution in [0.1, 0.15) is 76.2 Å². The van der Waals surface area contributed by atoms with Crippen molar-refractivity contribution in [3.63, 3.8) is 0 Å². The molecule has 0 aromatic rings. The topological polar surface area (TPSA) is 24.7 Å². The quantitative estimate of drug-likeness (QED) is 0.313. The summed E-state index contributed by atoms with van der Waals surface area (Å²) in [5.74, 6) is 0.551. The average Bonchev–Trinajstić information content (AvgIpc) is 2.74. The van der Waals surface area contributed by atoms with Crippen LogP contribution in [0.4, 0.5) is 0 Å². The summed E-state index contributed by atoms with van der Waals surface area (Å²) in [4.78, 5) is 9.21. The summed E-state index contributed by atoms with van der Waals surface area (Å²) in [7, 11) is 3.70. The van der Waals surface area contributed by atoms with Gasteiger partial charge < -0.3 is 0 Å². The fraction of sp³-hybridized carbons (Fsp3) is 0.517. The Morgan fingerprint density at radius 3 is 1.45 bits per heavy atom. The van der Waals surface area contributed by atoms with Crippen molar-refractivity contribution in [1.82, 2.24) is 0 Å². The summed E-state index contributed by atoms with van der Waals surface area (Å²) < 4.78 is 0. The number of hydrogen-bond acceptors (Lipinski definition) is 2. The lowest BCUT2D eigenvalue weighted by molar-refractivity contribution is 0.504. The normalized spacial score (nSPS) is 19.4. The van der Waals surface area contributed by atoms with Crippen molar-refractivity contribution in [3.05, 3.63) is 69.9 Å². The monoisotopic (exact) mass is 422 g/mol. The molecule has 1 aliphatic rings. The van der Waals surface area contributed by atoms with E-state index < -0.39 is 0 Å². The van der Waals surface area contributed by atoms with Crippen LogP contribution in [0.15, 0.2) is 79.9 Å². The molecule has 0 saturated carbocycles. The Hall–Kier alpha value is -2.22. The molecule has 172 valence electrons. The van der Waals surface area contributed by atoms with Gasteiger partial charge in [0.15, 0.2) is 0 Å². The number of nitrogens with zero attached hydrogens (tertiary/aromatic N) is 2. The molecule has 1 rings (SSSR count). The van der Waals surface area contributed by atoms with Crippen molar-refractivity contribution >= 4 is 11.4 Å². The fourth-order valence-corrected chi connectivity index (χ4v) is 2.80. The molecule has 0 saturated heterocycles. The molecule has 2 heteroatoms. The molecule has 0 bridgehead atoms. The summed E-state index contributed by atoms with van der Waals surface area (Å²) in [5.41, 5.74) is 9.49. The molecule has 0 aliphatic heterocycles. The second-order valence-electron chi connectivity index (χ2n) is 9.17. The Kier molecular flexibility index (Phi) is 12.3. The van der Waals surface area contributed by atoms with Gasteiger partial charge in [0.1, 0.15) is 0 Å². The highest BCUT2D eigenvalue weighted by Crippen LogP contribution is 2.27.